The minimum atomic E-state index is -0.509. The first kappa shape index (κ1) is 19.5. The molecule has 0 saturated heterocycles. The van der Waals surface area contributed by atoms with Gasteiger partial charge in [0.2, 0.25) is 12.1 Å². The Morgan fingerprint density at radius 3 is 2.47 bits per heavy atom. The topological polar surface area (TPSA) is 84.0 Å². The molecule has 0 bridgehead atoms. The van der Waals surface area contributed by atoms with Crippen LogP contribution in [0.5, 0.6) is 0 Å². The number of hydrazone groups is 1. The number of hydrogen-bond acceptors (Lipinski definition) is 6. The van der Waals surface area contributed by atoms with Gasteiger partial charge in [-0.15, -0.1) is 5.10 Å². The number of aliphatic imine (C=N–C) groups is 1. The van der Waals surface area contributed by atoms with Crippen molar-refractivity contribution in [2.45, 2.75) is 26.1 Å². The first-order chi connectivity index (χ1) is 14.8. The zero-order chi connectivity index (χ0) is 20.9. The fourth-order valence-corrected chi connectivity index (χ4v) is 3.51. The van der Waals surface area contributed by atoms with Gasteiger partial charge in [-0.3, -0.25) is 5.43 Å². The second kappa shape index (κ2) is 8.69. The molecule has 4 N–H and O–H groups in total. The van der Waals surface area contributed by atoms with Crippen LogP contribution in [0.15, 0.2) is 94.4 Å². The first-order valence-electron chi connectivity index (χ1n) is 10.1. The van der Waals surface area contributed by atoms with E-state index in [4.69, 9.17) is 10.5 Å². The maximum atomic E-state index is 6.14. The Balaban J connectivity index is 0.00000106. The van der Waals surface area contributed by atoms with Gasteiger partial charge >= 0.3 is 0 Å². The molecule has 0 amide bonds. The molecule has 0 radical (unpaired) electrons. The standard InChI is InChI=1S/C22H19N5O.C2H6/c23-20-19(22-27-26-21(28-22)15-8-2-1-3-9-15)25-18(13-24-20)17-12-6-10-14-7-4-5-11-16(14)17;1-2/h1-13,18,22,25,27H,23H2;1-2H3. The summed E-state index contributed by atoms with van der Waals surface area (Å²) in [6, 6.07) is 24.2. The summed E-state index contributed by atoms with van der Waals surface area (Å²) in [5.74, 6) is 0.919. The van der Waals surface area contributed by atoms with Gasteiger partial charge in [0, 0.05) is 11.8 Å². The Morgan fingerprint density at radius 2 is 1.63 bits per heavy atom. The number of benzene rings is 3. The number of ether oxygens (including phenoxy) is 1. The van der Waals surface area contributed by atoms with Gasteiger partial charge in [-0.25, -0.2) is 4.99 Å². The van der Waals surface area contributed by atoms with Crippen molar-refractivity contribution in [2.24, 2.45) is 15.8 Å². The van der Waals surface area contributed by atoms with Crippen LogP contribution in [0.3, 0.4) is 0 Å². The van der Waals surface area contributed by atoms with Crippen molar-refractivity contribution in [3.63, 3.8) is 0 Å². The van der Waals surface area contributed by atoms with Crippen molar-refractivity contribution in [3.8, 4) is 0 Å². The van der Waals surface area contributed by atoms with E-state index in [1.54, 1.807) is 0 Å². The summed E-state index contributed by atoms with van der Waals surface area (Å²) in [6.45, 7) is 4.00. The Kier molecular flexibility index (Phi) is 5.66. The lowest BCUT2D eigenvalue weighted by Crippen LogP contribution is -2.39. The summed E-state index contributed by atoms with van der Waals surface area (Å²) in [4.78, 5) is 4.42. The Hall–Kier alpha value is -3.80. The molecule has 0 spiro atoms. The average molecular weight is 399 g/mol. The highest BCUT2D eigenvalue weighted by Crippen LogP contribution is 2.27. The largest absolute Gasteiger partial charge is 0.445 e. The highest BCUT2D eigenvalue weighted by molar-refractivity contribution is 5.95. The van der Waals surface area contributed by atoms with Gasteiger partial charge in [-0.1, -0.05) is 74.5 Å². The predicted octanol–water partition coefficient (Wildman–Crippen LogP) is 4.02. The van der Waals surface area contributed by atoms with Gasteiger partial charge < -0.3 is 15.8 Å². The number of nitrogens with two attached hydrogens (primary N) is 1. The second-order valence-electron chi connectivity index (χ2n) is 6.68. The van der Waals surface area contributed by atoms with Crippen molar-refractivity contribution < 1.29 is 4.74 Å². The summed E-state index contributed by atoms with van der Waals surface area (Å²) in [5.41, 5.74) is 11.9. The van der Waals surface area contributed by atoms with Crippen LogP contribution in [-0.4, -0.2) is 18.3 Å². The van der Waals surface area contributed by atoms with Gasteiger partial charge in [0.15, 0.2) is 0 Å². The molecule has 2 heterocycles. The third kappa shape index (κ3) is 3.72. The molecule has 3 aromatic carbocycles. The molecule has 2 unspecified atom stereocenters. The van der Waals surface area contributed by atoms with Crippen LogP contribution in [0, 0.1) is 0 Å². The van der Waals surface area contributed by atoms with Gasteiger partial charge in [-0.2, -0.15) is 0 Å². The van der Waals surface area contributed by atoms with Gasteiger partial charge in [0.25, 0.3) is 0 Å². The van der Waals surface area contributed by atoms with Crippen LogP contribution in [-0.2, 0) is 4.74 Å². The minimum absolute atomic E-state index is 0.112. The summed E-state index contributed by atoms with van der Waals surface area (Å²) in [6.07, 6.45) is 1.32. The maximum absolute atomic E-state index is 6.14. The average Bonchev–Trinajstić information content (AvgIpc) is 3.31. The SMILES string of the molecule is CC.NC1=C(C2NN=C(c3ccccc3)O2)NC(c2cccc3ccccc23)C=N1. The van der Waals surface area contributed by atoms with Crippen LogP contribution in [0.1, 0.15) is 31.0 Å². The lowest BCUT2D eigenvalue weighted by molar-refractivity contribution is 0.212. The van der Waals surface area contributed by atoms with E-state index in [2.05, 4.69) is 51.2 Å². The summed E-state index contributed by atoms with van der Waals surface area (Å²) in [7, 11) is 0. The number of hydrogen-bond donors (Lipinski definition) is 3. The number of nitrogens with zero attached hydrogens (tertiary/aromatic N) is 2. The fourth-order valence-electron chi connectivity index (χ4n) is 3.51. The fraction of sp³-hybridized carbons (Fsp3) is 0.167. The molecule has 0 saturated carbocycles. The van der Waals surface area contributed by atoms with E-state index in [1.807, 2.05) is 62.5 Å². The Labute approximate surface area is 176 Å². The molecule has 2 aliphatic heterocycles. The second-order valence-corrected chi connectivity index (χ2v) is 6.68. The third-order valence-electron chi connectivity index (χ3n) is 4.90. The van der Waals surface area contributed by atoms with Crippen LogP contribution in [0.25, 0.3) is 10.8 Å². The highest BCUT2D eigenvalue weighted by atomic mass is 16.5. The van der Waals surface area contributed by atoms with E-state index in [0.717, 1.165) is 11.1 Å². The predicted molar refractivity (Wildman–Crippen MR) is 122 cm³/mol. The van der Waals surface area contributed by atoms with E-state index >= 15 is 0 Å². The number of fused-ring (bicyclic) bond motifs is 1. The van der Waals surface area contributed by atoms with Crippen LogP contribution >= 0.6 is 0 Å². The molecule has 2 atom stereocenters. The lowest BCUT2D eigenvalue weighted by Gasteiger charge is -2.26. The van der Waals surface area contributed by atoms with Crippen molar-refractivity contribution >= 4 is 22.9 Å². The summed E-state index contributed by atoms with van der Waals surface area (Å²) < 4.78 is 5.99. The smallest absolute Gasteiger partial charge is 0.240 e. The highest BCUT2D eigenvalue weighted by Gasteiger charge is 2.30. The molecule has 3 aromatic rings. The van der Waals surface area contributed by atoms with Crippen LogP contribution < -0.4 is 16.5 Å². The first-order valence-corrected chi connectivity index (χ1v) is 10.1. The quantitative estimate of drug-likeness (QED) is 0.621. The van der Waals surface area contributed by atoms with E-state index in [0.29, 0.717) is 17.4 Å². The van der Waals surface area contributed by atoms with E-state index in [1.165, 1.54) is 10.8 Å². The molecule has 0 fully saturated rings. The summed E-state index contributed by atoms with van der Waals surface area (Å²) >= 11 is 0. The molecule has 5 rings (SSSR count). The zero-order valence-electron chi connectivity index (χ0n) is 17.0. The van der Waals surface area contributed by atoms with Crippen molar-refractivity contribution in [1.29, 1.82) is 0 Å². The molecular formula is C24H25N5O. The zero-order valence-corrected chi connectivity index (χ0v) is 17.0. The van der Waals surface area contributed by atoms with E-state index in [9.17, 15) is 0 Å². The van der Waals surface area contributed by atoms with Gasteiger partial charge in [-0.05, 0) is 28.5 Å². The van der Waals surface area contributed by atoms with E-state index < -0.39 is 6.23 Å². The molecule has 152 valence electrons. The molecule has 0 aromatic heterocycles. The summed E-state index contributed by atoms with van der Waals surface area (Å²) in [5, 5.41) is 10.1. The minimum Gasteiger partial charge on any atom is -0.445 e. The normalized spacial score (nSPS) is 19.9. The van der Waals surface area contributed by atoms with Gasteiger partial charge in [0.05, 0.1) is 6.04 Å². The number of rotatable bonds is 3. The van der Waals surface area contributed by atoms with Crippen molar-refractivity contribution in [2.75, 3.05) is 0 Å². The van der Waals surface area contributed by atoms with Crippen molar-refractivity contribution in [3.05, 3.63) is 95.4 Å². The molecule has 6 nitrogen and oxygen atoms in total. The van der Waals surface area contributed by atoms with E-state index in [-0.39, 0.29) is 6.04 Å². The Morgan fingerprint density at radius 1 is 0.900 bits per heavy atom. The van der Waals surface area contributed by atoms with Gasteiger partial charge in [0.1, 0.15) is 11.5 Å². The van der Waals surface area contributed by atoms with Crippen LogP contribution in [0.2, 0.25) is 0 Å². The molecular weight excluding hydrogens is 374 g/mol. The van der Waals surface area contributed by atoms with Crippen LogP contribution in [0.4, 0.5) is 0 Å². The molecule has 30 heavy (non-hydrogen) atoms. The molecule has 2 aliphatic rings. The van der Waals surface area contributed by atoms with Crippen molar-refractivity contribution in [1.82, 2.24) is 10.7 Å². The monoisotopic (exact) mass is 399 g/mol. The third-order valence-corrected chi connectivity index (χ3v) is 4.90. The number of nitrogens with one attached hydrogen (secondary N) is 2. The Bertz CT molecular complexity index is 1120. The lowest BCUT2D eigenvalue weighted by atomic mass is 9.98. The molecule has 0 aliphatic carbocycles. The maximum Gasteiger partial charge on any atom is 0.240 e. The molecule has 6 heteroatoms.